The Morgan fingerprint density at radius 3 is 1.57 bits per heavy atom. The van der Waals surface area contributed by atoms with Crippen molar-refractivity contribution in [1.29, 1.82) is 0 Å². The van der Waals surface area contributed by atoms with Gasteiger partial charge in [0, 0.05) is 34.3 Å². The van der Waals surface area contributed by atoms with E-state index in [-0.39, 0.29) is 23.6 Å². The normalized spacial score (nSPS) is 19.9. The summed E-state index contributed by atoms with van der Waals surface area (Å²) in [5.74, 6) is 3.39. The highest BCUT2D eigenvalue weighted by Gasteiger charge is 2.25. The molecule has 2 aromatic carbocycles. The lowest BCUT2D eigenvalue weighted by Crippen LogP contribution is -2.27. The zero-order valence-electron chi connectivity index (χ0n) is 22.8. The molecule has 0 spiro atoms. The number of phenolic OH excluding ortho intramolecular Hbond substituents is 2. The van der Waals surface area contributed by atoms with Gasteiger partial charge in [-0.2, -0.15) is 0 Å². The van der Waals surface area contributed by atoms with Crippen molar-refractivity contribution >= 4 is 35.1 Å². The molecule has 1 saturated carbocycles. The Balaban J connectivity index is 1.11. The first kappa shape index (κ1) is 26.9. The number of hydrogen-bond acceptors (Lipinski definition) is 10. The Morgan fingerprint density at radius 2 is 1.10 bits per heavy atom. The second-order valence-corrected chi connectivity index (χ2v) is 12.2. The van der Waals surface area contributed by atoms with Crippen molar-refractivity contribution in [2.24, 2.45) is 9.98 Å². The fraction of sp³-hybridized carbons (Fsp3) is 0.312. The largest absolute Gasteiger partial charge is 0.507 e. The third kappa shape index (κ3) is 5.32. The zero-order chi connectivity index (χ0) is 28.5. The van der Waals surface area contributed by atoms with Crippen LogP contribution in [0.1, 0.15) is 36.8 Å². The van der Waals surface area contributed by atoms with E-state index in [1.165, 1.54) is 0 Å². The summed E-state index contributed by atoms with van der Waals surface area (Å²) in [6.07, 6.45) is 7.49. The first-order valence-electron chi connectivity index (χ1n) is 14.1. The number of fused-ring (bicyclic) bond motifs is 2. The number of benzene rings is 2. The molecule has 1 aliphatic carbocycles. The van der Waals surface area contributed by atoms with E-state index in [1.807, 2.05) is 35.0 Å². The molecule has 0 amide bonds. The van der Waals surface area contributed by atoms with Crippen LogP contribution in [-0.4, -0.2) is 61.2 Å². The predicted octanol–water partition coefficient (Wildman–Crippen LogP) is 6.95. The minimum Gasteiger partial charge on any atom is -0.507 e. The fourth-order valence-corrected chi connectivity index (χ4v) is 7.37. The number of thiophene rings is 2. The van der Waals surface area contributed by atoms with Crippen molar-refractivity contribution < 1.29 is 29.2 Å². The van der Waals surface area contributed by atoms with Crippen molar-refractivity contribution in [2.45, 2.75) is 37.8 Å². The molecule has 3 aliphatic rings. The Labute approximate surface area is 251 Å². The highest BCUT2D eigenvalue weighted by Crippen LogP contribution is 2.47. The van der Waals surface area contributed by atoms with E-state index in [2.05, 4.69) is 0 Å². The first-order valence-corrected chi connectivity index (χ1v) is 15.9. The van der Waals surface area contributed by atoms with Crippen molar-refractivity contribution in [3.05, 3.63) is 58.3 Å². The van der Waals surface area contributed by atoms with Crippen LogP contribution in [0.25, 0.3) is 20.9 Å². The van der Waals surface area contributed by atoms with Crippen molar-refractivity contribution in [2.75, 3.05) is 26.4 Å². The molecular formula is C32H30N2O6S2. The van der Waals surface area contributed by atoms with E-state index in [9.17, 15) is 10.2 Å². The molecule has 0 unspecified atom stereocenters. The maximum Gasteiger partial charge on any atom is 0.179 e. The lowest BCUT2D eigenvalue weighted by molar-refractivity contribution is 0.174. The van der Waals surface area contributed by atoms with Crippen LogP contribution in [0.3, 0.4) is 0 Å². The zero-order valence-corrected chi connectivity index (χ0v) is 24.5. The summed E-state index contributed by atoms with van der Waals surface area (Å²) in [4.78, 5) is 11.8. The summed E-state index contributed by atoms with van der Waals surface area (Å²) in [6, 6.07) is 11.0. The molecule has 0 bridgehead atoms. The van der Waals surface area contributed by atoms with Crippen LogP contribution < -0.4 is 18.9 Å². The molecule has 1 fully saturated rings. The van der Waals surface area contributed by atoms with Crippen molar-refractivity contribution in [3.63, 3.8) is 0 Å². The monoisotopic (exact) mass is 602 g/mol. The van der Waals surface area contributed by atoms with Crippen molar-refractivity contribution in [1.82, 2.24) is 0 Å². The summed E-state index contributed by atoms with van der Waals surface area (Å²) in [7, 11) is 0. The Morgan fingerprint density at radius 1 is 0.643 bits per heavy atom. The van der Waals surface area contributed by atoms with E-state index >= 15 is 0 Å². The molecule has 8 nitrogen and oxygen atoms in total. The number of ether oxygens (including phenoxy) is 4. The van der Waals surface area contributed by atoms with Gasteiger partial charge in [-0.25, -0.2) is 0 Å². The molecule has 2 N–H and O–H groups in total. The minimum absolute atomic E-state index is 0.0236. The lowest BCUT2D eigenvalue weighted by atomic mass is 9.91. The van der Waals surface area contributed by atoms with E-state index in [0.717, 1.165) is 69.6 Å². The lowest BCUT2D eigenvalue weighted by Gasteiger charge is -2.25. The molecule has 10 heteroatoms. The summed E-state index contributed by atoms with van der Waals surface area (Å²) in [6.45, 7) is 2.14. The number of aliphatic imine (C=N–C) groups is 2. The molecule has 42 heavy (non-hydrogen) atoms. The van der Waals surface area contributed by atoms with E-state index in [1.54, 1.807) is 47.2 Å². The molecule has 7 rings (SSSR count). The summed E-state index contributed by atoms with van der Waals surface area (Å²) < 4.78 is 23.1. The Hall–Kier alpha value is -4.02. The fourth-order valence-electron chi connectivity index (χ4n) is 5.51. The van der Waals surface area contributed by atoms with E-state index < -0.39 is 0 Å². The summed E-state index contributed by atoms with van der Waals surface area (Å²) in [5, 5.41) is 25.1. The highest BCUT2D eigenvalue weighted by atomic mass is 32.1. The molecule has 2 aliphatic heterocycles. The molecule has 2 atom stereocenters. The van der Waals surface area contributed by atoms with Crippen LogP contribution in [0.15, 0.2) is 57.1 Å². The standard InChI is InChI=1S/C32H30N2O6S2/c35-25-7-5-19(31-29-27(17-41-31)37-9-11-39-29)13-21(25)15-33-23-3-1-2-4-24(23)34-16-22-14-20(6-8-26(22)36)32-30-28(18-42-32)38-10-12-40-30/h5-8,13-18,23-24,35-36H,1-4,9-12H2/t23-,24-/m1/s1. The van der Waals surface area contributed by atoms with Gasteiger partial charge in [-0.3, -0.25) is 9.98 Å². The average Bonchev–Trinajstić information content (AvgIpc) is 3.66. The molecule has 4 heterocycles. The smallest absolute Gasteiger partial charge is 0.179 e. The second kappa shape index (κ2) is 11.7. The Kier molecular flexibility index (Phi) is 7.48. The molecule has 4 aromatic rings. The molecule has 0 saturated heterocycles. The minimum atomic E-state index is -0.0236. The van der Waals surface area contributed by atoms with E-state index in [4.69, 9.17) is 28.9 Å². The number of phenols is 2. The quantitative estimate of drug-likeness (QED) is 0.232. The maximum atomic E-state index is 10.6. The molecule has 216 valence electrons. The summed E-state index contributed by atoms with van der Waals surface area (Å²) >= 11 is 3.13. The summed E-state index contributed by atoms with van der Waals surface area (Å²) in [5.41, 5.74) is 3.19. The van der Waals surface area contributed by atoms with Gasteiger partial charge in [-0.05, 0) is 60.4 Å². The van der Waals surface area contributed by atoms with Gasteiger partial charge in [0.2, 0.25) is 0 Å². The van der Waals surface area contributed by atoms with Crippen LogP contribution in [0.5, 0.6) is 34.5 Å². The van der Waals surface area contributed by atoms with Gasteiger partial charge in [-0.1, -0.05) is 12.8 Å². The Bertz CT molecular complexity index is 1540. The van der Waals surface area contributed by atoms with Gasteiger partial charge in [0.1, 0.15) is 37.9 Å². The van der Waals surface area contributed by atoms with Gasteiger partial charge in [-0.15, -0.1) is 22.7 Å². The maximum absolute atomic E-state index is 10.6. The number of nitrogens with zero attached hydrogens (tertiary/aromatic N) is 2. The van der Waals surface area contributed by atoms with E-state index in [0.29, 0.717) is 37.6 Å². The average molecular weight is 603 g/mol. The topological polar surface area (TPSA) is 102 Å². The second-order valence-electron chi connectivity index (χ2n) is 10.4. The first-order chi connectivity index (χ1) is 20.6. The van der Waals surface area contributed by atoms with Crippen LogP contribution in [0, 0.1) is 0 Å². The van der Waals surface area contributed by atoms with Gasteiger partial charge in [0.05, 0.1) is 21.8 Å². The number of aromatic hydroxyl groups is 2. The number of rotatable bonds is 6. The van der Waals surface area contributed by atoms with Gasteiger partial charge in [0.15, 0.2) is 23.0 Å². The van der Waals surface area contributed by atoms with Gasteiger partial charge in [0.25, 0.3) is 0 Å². The number of hydrogen-bond donors (Lipinski definition) is 2. The third-order valence-corrected chi connectivity index (χ3v) is 9.66. The third-order valence-electron chi connectivity index (χ3n) is 7.69. The molecule has 2 aromatic heterocycles. The van der Waals surface area contributed by atoms with Crippen LogP contribution in [-0.2, 0) is 0 Å². The van der Waals surface area contributed by atoms with Crippen molar-refractivity contribution in [3.8, 4) is 55.4 Å². The SMILES string of the molecule is Oc1ccc(-c2scc3c2OCCO3)cc1C=N[C@@H]1CCCC[C@H]1N=Cc1cc(-c2scc3c2OCCO3)ccc1O. The van der Waals surface area contributed by atoms with Gasteiger partial charge < -0.3 is 29.2 Å². The van der Waals surface area contributed by atoms with Crippen LogP contribution >= 0.6 is 22.7 Å². The predicted molar refractivity (Wildman–Crippen MR) is 166 cm³/mol. The molecular weight excluding hydrogens is 572 g/mol. The highest BCUT2D eigenvalue weighted by molar-refractivity contribution is 7.14. The van der Waals surface area contributed by atoms with Crippen LogP contribution in [0.4, 0.5) is 0 Å². The van der Waals surface area contributed by atoms with Crippen LogP contribution in [0.2, 0.25) is 0 Å². The molecule has 0 radical (unpaired) electrons. The van der Waals surface area contributed by atoms with Gasteiger partial charge >= 0.3 is 0 Å².